The number of primary amides is 1. The second-order valence-corrected chi connectivity index (χ2v) is 6.27. The Morgan fingerprint density at radius 3 is 2.14 bits per heavy atom. The molecule has 0 aromatic heterocycles. The molecule has 7 heteroatoms. The van der Waals surface area contributed by atoms with Crippen molar-refractivity contribution in [3.05, 3.63) is 59.7 Å². The first-order valence-corrected chi connectivity index (χ1v) is 7.79. The zero-order valence-corrected chi connectivity index (χ0v) is 12.6. The predicted molar refractivity (Wildman–Crippen MR) is 79.6 cm³/mol. The van der Waals surface area contributed by atoms with Gasteiger partial charge < -0.3 is 15.0 Å². The maximum Gasteiger partial charge on any atom is 0.339 e. The number of hydrogen-bond acceptors (Lipinski definition) is 5. The van der Waals surface area contributed by atoms with Gasteiger partial charge in [0.1, 0.15) is 10.6 Å². The number of carbonyl (C=O) groups is 1. The summed E-state index contributed by atoms with van der Waals surface area (Å²) in [6, 6.07) is 11.7. The third kappa shape index (κ3) is 3.63. The lowest BCUT2D eigenvalue weighted by Crippen LogP contribution is -2.20. The molecule has 0 aliphatic carbocycles. The Morgan fingerprint density at radius 1 is 1.09 bits per heavy atom. The summed E-state index contributed by atoms with van der Waals surface area (Å²) in [5, 5.41) is 9.49. The molecular formula is C15H15NO5S. The van der Waals surface area contributed by atoms with E-state index >= 15 is 0 Å². The Hall–Kier alpha value is -2.38. The van der Waals surface area contributed by atoms with Crippen LogP contribution in [-0.2, 0) is 14.9 Å². The zero-order chi connectivity index (χ0) is 16.3. The van der Waals surface area contributed by atoms with E-state index in [0.717, 1.165) is 5.56 Å². The van der Waals surface area contributed by atoms with Crippen molar-refractivity contribution in [2.75, 3.05) is 0 Å². The Labute approximate surface area is 128 Å². The third-order valence-corrected chi connectivity index (χ3v) is 4.24. The second-order valence-electron chi connectivity index (χ2n) is 4.72. The van der Waals surface area contributed by atoms with E-state index in [4.69, 9.17) is 9.92 Å². The number of hydrogen-bond donors (Lipinski definition) is 2. The van der Waals surface area contributed by atoms with E-state index in [-0.39, 0.29) is 16.2 Å². The minimum atomic E-state index is -3.93. The fraction of sp³-hybridized carbons (Fsp3) is 0.133. The lowest BCUT2D eigenvalue weighted by Gasteiger charge is -2.09. The van der Waals surface area contributed by atoms with Gasteiger partial charge in [-0.3, -0.25) is 4.79 Å². The van der Waals surface area contributed by atoms with Crippen LogP contribution in [-0.4, -0.2) is 19.4 Å². The molecule has 116 valence electrons. The molecule has 6 nitrogen and oxygen atoms in total. The van der Waals surface area contributed by atoms with Gasteiger partial charge >= 0.3 is 10.1 Å². The minimum Gasteiger partial charge on any atom is -0.379 e. The number of nitrogens with two attached hydrogens (primary N) is 1. The van der Waals surface area contributed by atoms with Crippen LogP contribution in [0.15, 0.2) is 53.4 Å². The molecule has 22 heavy (non-hydrogen) atoms. The monoisotopic (exact) mass is 321 g/mol. The average Bonchev–Trinajstić information content (AvgIpc) is 2.47. The first kappa shape index (κ1) is 16.0. The summed E-state index contributed by atoms with van der Waals surface area (Å²) in [5.41, 5.74) is 6.17. The third-order valence-electron chi connectivity index (χ3n) is 2.98. The van der Waals surface area contributed by atoms with E-state index in [1.54, 1.807) is 12.1 Å². The van der Waals surface area contributed by atoms with Crippen molar-refractivity contribution in [3.63, 3.8) is 0 Å². The van der Waals surface area contributed by atoms with Crippen LogP contribution in [0.2, 0.25) is 0 Å². The molecule has 0 saturated heterocycles. The minimum absolute atomic E-state index is 0.0411. The van der Waals surface area contributed by atoms with Gasteiger partial charge in [0, 0.05) is 0 Å². The number of amides is 1. The van der Waals surface area contributed by atoms with E-state index < -0.39 is 22.1 Å². The zero-order valence-electron chi connectivity index (χ0n) is 11.8. The first-order chi connectivity index (χ1) is 10.3. The van der Waals surface area contributed by atoms with Gasteiger partial charge in [0.15, 0.2) is 6.10 Å². The van der Waals surface area contributed by atoms with Crippen molar-refractivity contribution < 1.29 is 22.5 Å². The summed E-state index contributed by atoms with van der Waals surface area (Å²) in [6.45, 7) is 1.85. The van der Waals surface area contributed by atoms with Crippen LogP contribution < -0.4 is 9.92 Å². The van der Waals surface area contributed by atoms with Crippen LogP contribution in [0.3, 0.4) is 0 Å². The van der Waals surface area contributed by atoms with Crippen LogP contribution in [0.4, 0.5) is 0 Å². The lowest BCUT2D eigenvalue weighted by molar-refractivity contribution is -0.126. The number of benzene rings is 2. The second kappa shape index (κ2) is 6.17. The smallest absolute Gasteiger partial charge is 0.339 e. The molecule has 3 N–H and O–H groups in total. The summed E-state index contributed by atoms with van der Waals surface area (Å²) in [5.74, 6) is -0.818. The molecule has 0 radical (unpaired) electrons. The summed E-state index contributed by atoms with van der Waals surface area (Å²) in [7, 11) is -3.93. The van der Waals surface area contributed by atoms with E-state index in [1.807, 2.05) is 6.92 Å². The van der Waals surface area contributed by atoms with Gasteiger partial charge in [-0.05, 0) is 36.8 Å². The van der Waals surface area contributed by atoms with Crippen molar-refractivity contribution in [2.45, 2.75) is 17.9 Å². The molecule has 2 aromatic rings. The van der Waals surface area contributed by atoms with Crippen molar-refractivity contribution in [2.24, 2.45) is 5.73 Å². The fourth-order valence-corrected chi connectivity index (χ4v) is 2.68. The molecule has 0 aliphatic heterocycles. The highest BCUT2D eigenvalue weighted by atomic mass is 32.2. The van der Waals surface area contributed by atoms with Gasteiger partial charge in [0.05, 0.1) is 0 Å². The highest BCUT2D eigenvalue weighted by molar-refractivity contribution is 7.87. The molecule has 2 rings (SSSR count). The quantitative estimate of drug-likeness (QED) is 0.807. The van der Waals surface area contributed by atoms with E-state index in [1.165, 1.54) is 36.4 Å². The van der Waals surface area contributed by atoms with E-state index in [0.29, 0.717) is 0 Å². The van der Waals surface area contributed by atoms with Gasteiger partial charge in [-0.15, -0.1) is 0 Å². The van der Waals surface area contributed by atoms with Crippen molar-refractivity contribution in [1.82, 2.24) is 0 Å². The summed E-state index contributed by atoms with van der Waals surface area (Å²) >= 11 is 0. The molecule has 2 aromatic carbocycles. The molecule has 1 unspecified atom stereocenters. The Bertz CT molecular complexity index is 767. The summed E-state index contributed by atoms with van der Waals surface area (Å²) < 4.78 is 29.2. The molecule has 1 atom stereocenters. The number of aryl methyl sites for hydroxylation is 1. The number of aliphatic hydroxyl groups excluding tert-OH is 1. The molecule has 0 heterocycles. The molecular weight excluding hydrogens is 306 g/mol. The fourth-order valence-electron chi connectivity index (χ4n) is 1.75. The number of rotatable bonds is 5. The van der Waals surface area contributed by atoms with Gasteiger partial charge in [0.25, 0.3) is 5.91 Å². The largest absolute Gasteiger partial charge is 0.379 e. The number of carbonyl (C=O) groups excluding carboxylic acids is 1. The standard InChI is InChI=1S/C15H15NO5S/c1-10-2-8-13(9-3-10)22(19,20)21-12-6-4-11(5-7-12)14(17)15(16)18/h2-9,14,17H,1H3,(H2,16,18). The van der Waals surface area contributed by atoms with Crippen molar-refractivity contribution in [3.8, 4) is 5.75 Å². The van der Waals surface area contributed by atoms with Crippen molar-refractivity contribution >= 4 is 16.0 Å². The highest BCUT2D eigenvalue weighted by Crippen LogP contribution is 2.21. The molecule has 0 aliphatic rings. The van der Waals surface area contributed by atoms with E-state index in [2.05, 4.69) is 0 Å². The van der Waals surface area contributed by atoms with E-state index in [9.17, 15) is 18.3 Å². The van der Waals surface area contributed by atoms with Crippen LogP contribution in [0.1, 0.15) is 17.2 Å². The van der Waals surface area contributed by atoms with Crippen LogP contribution in [0.5, 0.6) is 5.75 Å². The Balaban J connectivity index is 2.20. The van der Waals surface area contributed by atoms with Gasteiger partial charge in [-0.2, -0.15) is 8.42 Å². The SMILES string of the molecule is Cc1ccc(S(=O)(=O)Oc2ccc(C(O)C(N)=O)cc2)cc1. The Kier molecular flexibility index (Phi) is 4.48. The molecule has 0 spiro atoms. The van der Waals surface area contributed by atoms with Crippen molar-refractivity contribution in [1.29, 1.82) is 0 Å². The maximum atomic E-state index is 12.1. The summed E-state index contributed by atoms with van der Waals surface area (Å²) in [6.07, 6.45) is -1.44. The highest BCUT2D eigenvalue weighted by Gasteiger charge is 2.17. The van der Waals surface area contributed by atoms with Crippen LogP contribution in [0.25, 0.3) is 0 Å². The van der Waals surface area contributed by atoms with Gasteiger partial charge in [-0.1, -0.05) is 29.8 Å². The first-order valence-electron chi connectivity index (χ1n) is 6.38. The number of aliphatic hydroxyl groups is 1. The molecule has 0 bridgehead atoms. The Morgan fingerprint density at radius 2 is 1.64 bits per heavy atom. The van der Waals surface area contributed by atoms with Gasteiger partial charge in [-0.25, -0.2) is 0 Å². The molecule has 0 fully saturated rings. The maximum absolute atomic E-state index is 12.1. The average molecular weight is 321 g/mol. The molecule has 0 saturated carbocycles. The summed E-state index contributed by atoms with van der Waals surface area (Å²) in [4.78, 5) is 10.9. The lowest BCUT2D eigenvalue weighted by atomic mass is 10.1. The van der Waals surface area contributed by atoms with Crippen LogP contribution >= 0.6 is 0 Å². The predicted octanol–water partition coefficient (Wildman–Crippen LogP) is 1.28. The normalized spacial score (nSPS) is 12.6. The topological polar surface area (TPSA) is 107 Å². The van der Waals surface area contributed by atoms with Gasteiger partial charge in [0.2, 0.25) is 0 Å². The van der Waals surface area contributed by atoms with Crippen LogP contribution in [0, 0.1) is 6.92 Å². The molecule has 1 amide bonds.